The van der Waals surface area contributed by atoms with Gasteiger partial charge in [0.15, 0.2) is 5.78 Å². The molecule has 1 amide bonds. The average Bonchev–Trinajstić information content (AvgIpc) is 2.28. The van der Waals surface area contributed by atoms with E-state index in [9.17, 15) is 14.9 Å². The molecule has 18 heavy (non-hydrogen) atoms. The first-order chi connectivity index (χ1) is 8.24. The quantitative estimate of drug-likeness (QED) is 0.716. The molecular weight excluding hydrogens is 232 g/mol. The normalized spacial score (nSPS) is 24.6. The molecule has 1 aliphatic rings. The van der Waals surface area contributed by atoms with Gasteiger partial charge >= 0.3 is 6.09 Å². The molecule has 1 heterocycles. The summed E-state index contributed by atoms with van der Waals surface area (Å²) in [5.41, 5.74) is -1.63. The van der Waals surface area contributed by atoms with Gasteiger partial charge in [0.25, 0.3) is 0 Å². The van der Waals surface area contributed by atoms with Crippen LogP contribution in [0.25, 0.3) is 0 Å². The molecule has 1 atom stereocenters. The van der Waals surface area contributed by atoms with Gasteiger partial charge in [-0.2, -0.15) is 5.26 Å². The SMILES string of the molecule is CCC1(C#N)CN(C(=O)OC(C)(C)C)CCC1=O. The number of ketones is 1. The first-order valence-electron chi connectivity index (χ1n) is 6.16. The van der Waals surface area contributed by atoms with E-state index >= 15 is 0 Å². The van der Waals surface area contributed by atoms with Gasteiger partial charge in [-0.05, 0) is 27.2 Å². The zero-order chi connectivity index (χ0) is 14.0. The van der Waals surface area contributed by atoms with Crippen LogP contribution in [0.2, 0.25) is 0 Å². The van der Waals surface area contributed by atoms with Gasteiger partial charge in [0.1, 0.15) is 11.0 Å². The van der Waals surface area contributed by atoms with Gasteiger partial charge in [-0.1, -0.05) is 6.92 Å². The van der Waals surface area contributed by atoms with Gasteiger partial charge in [0, 0.05) is 19.5 Å². The summed E-state index contributed by atoms with van der Waals surface area (Å²) in [7, 11) is 0. The number of nitriles is 1. The summed E-state index contributed by atoms with van der Waals surface area (Å²) in [5, 5.41) is 9.19. The summed E-state index contributed by atoms with van der Waals surface area (Å²) in [4.78, 5) is 25.2. The van der Waals surface area contributed by atoms with Gasteiger partial charge < -0.3 is 9.64 Å². The molecule has 0 radical (unpaired) electrons. The number of carbonyl (C=O) groups excluding carboxylic acids is 2. The largest absolute Gasteiger partial charge is 0.444 e. The Hall–Kier alpha value is -1.57. The molecule has 1 aliphatic heterocycles. The van der Waals surface area contributed by atoms with Crippen molar-refractivity contribution in [2.24, 2.45) is 5.41 Å². The number of Topliss-reactive ketones (excluding diaryl/α,β-unsaturated/α-hetero) is 1. The molecule has 0 bridgehead atoms. The Morgan fingerprint density at radius 1 is 1.56 bits per heavy atom. The maximum atomic E-state index is 11.9. The Morgan fingerprint density at radius 3 is 2.61 bits per heavy atom. The van der Waals surface area contributed by atoms with E-state index in [0.717, 1.165) is 0 Å². The highest BCUT2D eigenvalue weighted by molar-refractivity contribution is 5.90. The third-order valence-electron chi connectivity index (χ3n) is 3.07. The van der Waals surface area contributed by atoms with Crippen LogP contribution in [0.15, 0.2) is 0 Å². The number of hydrogen-bond acceptors (Lipinski definition) is 4. The van der Waals surface area contributed by atoms with Crippen LogP contribution in [0.5, 0.6) is 0 Å². The van der Waals surface area contributed by atoms with Gasteiger partial charge in [-0.3, -0.25) is 4.79 Å². The number of hydrogen-bond donors (Lipinski definition) is 0. The van der Waals surface area contributed by atoms with Crippen LogP contribution in [0.3, 0.4) is 0 Å². The van der Waals surface area contributed by atoms with Crippen LogP contribution >= 0.6 is 0 Å². The fourth-order valence-electron chi connectivity index (χ4n) is 1.94. The highest BCUT2D eigenvalue weighted by Crippen LogP contribution is 2.30. The van der Waals surface area contributed by atoms with Crippen molar-refractivity contribution < 1.29 is 14.3 Å². The Kier molecular flexibility index (Phi) is 4.00. The number of rotatable bonds is 1. The van der Waals surface area contributed by atoms with Crippen molar-refractivity contribution >= 4 is 11.9 Å². The molecule has 1 rings (SSSR count). The predicted molar refractivity (Wildman–Crippen MR) is 65.8 cm³/mol. The molecular formula is C13H20N2O3. The lowest BCUT2D eigenvalue weighted by Gasteiger charge is -2.37. The highest BCUT2D eigenvalue weighted by Gasteiger charge is 2.43. The Morgan fingerprint density at radius 2 is 2.17 bits per heavy atom. The van der Waals surface area contributed by atoms with Gasteiger partial charge in [0.2, 0.25) is 0 Å². The van der Waals surface area contributed by atoms with E-state index in [1.165, 1.54) is 4.90 Å². The second-order valence-electron chi connectivity index (χ2n) is 5.62. The Balaban J connectivity index is 2.80. The second-order valence-corrected chi connectivity index (χ2v) is 5.62. The number of piperidine rings is 1. The number of carbonyl (C=O) groups is 2. The number of amides is 1. The summed E-state index contributed by atoms with van der Waals surface area (Å²) >= 11 is 0. The van der Waals surface area contributed by atoms with E-state index in [1.54, 1.807) is 27.7 Å². The minimum absolute atomic E-state index is 0.0766. The fraction of sp³-hybridized carbons (Fsp3) is 0.769. The van der Waals surface area contributed by atoms with Crippen LogP contribution in [-0.2, 0) is 9.53 Å². The van der Waals surface area contributed by atoms with Crippen molar-refractivity contribution in [1.82, 2.24) is 4.90 Å². The minimum atomic E-state index is -1.06. The minimum Gasteiger partial charge on any atom is -0.444 e. The molecule has 1 unspecified atom stereocenters. The molecule has 0 saturated carbocycles. The van der Waals surface area contributed by atoms with Crippen molar-refractivity contribution in [3.05, 3.63) is 0 Å². The summed E-state index contributed by atoms with van der Waals surface area (Å²) in [5.74, 6) is -0.0766. The van der Waals surface area contributed by atoms with Gasteiger partial charge in [-0.15, -0.1) is 0 Å². The van der Waals surface area contributed by atoms with E-state index in [1.807, 2.05) is 0 Å². The zero-order valence-electron chi connectivity index (χ0n) is 11.4. The molecule has 0 N–H and O–H groups in total. The average molecular weight is 252 g/mol. The first kappa shape index (κ1) is 14.5. The number of ether oxygens (including phenoxy) is 1. The van der Waals surface area contributed by atoms with E-state index in [2.05, 4.69) is 6.07 Å². The van der Waals surface area contributed by atoms with Crippen LogP contribution < -0.4 is 0 Å². The van der Waals surface area contributed by atoms with Crippen LogP contribution in [-0.4, -0.2) is 35.5 Å². The lowest BCUT2D eigenvalue weighted by molar-refractivity contribution is -0.130. The van der Waals surface area contributed by atoms with Crippen LogP contribution in [0.4, 0.5) is 4.79 Å². The standard InChI is InChI=1S/C13H20N2O3/c1-5-13(8-14)9-15(7-6-10(13)16)11(17)18-12(2,3)4/h5-7,9H2,1-4H3. The first-order valence-corrected chi connectivity index (χ1v) is 6.16. The Labute approximate surface area is 108 Å². The molecule has 1 fully saturated rings. The number of likely N-dealkylation sites (tertiary alicyclic amines) is 1. The molecule has 0 aromatic rings. The van der Waals surface area contributed by atoms with Crippen molar-refractivity contribution in [1.29, 1.82) is 5.26 Å². The summed E-state index contributed by atoms with van der Waals surface area (Å²) < 4.78 is 5.26. The van der Waals surface area contributed by atoms with Gasteiger partial charge in [-0.25, -0.2) is 4.79 Å². The van der Waals surface area contributed by atoms with Crippen molar-refractivity contribution in [2.45, 2.75) is 46.1 Å². The summed E-state index contributed by atoms with van der Waals surface area (Å²) in [6, 6.07) is 2.07. The predicted octanol–water partition coefficient (Wildman–Crippen LogP) is 2.12. The number of nitrogens with zero attached hydrogens (tertiary/aromatic N) is 2. The van der Waals surface area contributed by atoms with Crippen molar-refractivity contribution in [2.75, 3.05) is 13.1 Å². The highest BCUT2D eigenvalue weighted by atomic mass is 16.6. The van der Waals surface area contributed by atoms with Crippen LogP contribution in [0.1, 0.15) is 40.5 Å². The smallest absolute Gasteiger partial charge is 0.410 e. The summed E-state index contributed by atoms with van der Waals surface area (Å²) in [6.07, 6.45) is 0.186. The van der Waals surface area contributed by atoms with Crippen molar-refractivity contribution in [3.8, 4) is 6.07 Å². The molecule has 0 aliphatic carbocycles. The maximum absolute atomic E-state index is 11.9. The topological polar surface area (TPSA) is 70.4 Å². The molecule has 100 valence electrons. The monoisotopic (exact) mass is 252 g/mol. The molecule has 0 spiro atoms. The lowest BCUT2D eigenvalue weighted by Crippen LogP contribution is -2.51. The fourth-order valence-corrected chi connectivity index (χ4v) is 1.94. The third kappa shape index (κ3) is 3.00. The van der Waals surface area contributed by atoms with Gasteiger partial charge in [0.05, 0.1) is 6.07 Å². The molecule has 5 heteroatoms. The summed E-state index contributed by atoms with van der Waals surface area (Å²) in [6.45, 7) is 7.62. The third-order valence-corrected chi connectivity index (χ3v) is 3.07. The van der Waals surface area contributed by atoms with E-state index in [4.69, 9.17) is 4.74 Å². The molecule has 0 aromatic carbocycles. The molecule has 0 aromatic heterocycles. The molecule has 5 nitrogen and oxygen atoms in total. The van der Waals surface area contributed by atoms with Crippen molar-refractivity contribution in [3.63, 3.8) is 0 Å². The van der Waals surface area contributed by atoms with E-state index in [0.29, 0.717) is 13.0 Å². The van der Waals surface area contributed by atoms with Crippen LogP contribution in [0, 0.1) is 16.7 Å². The van der Waals surface area contributed by atoms with E-state index < -0.39 is 17.1 Å². The second kappa shape index (κ2) is 4.97. The Bertz CT molecular complexity index is 392. The zero-order valence-corrected chi connectivity index (χ0v) is 11.4. The maximum Gasteiger partial charge on any atom is 0.410 e. The molecule has 1 saturated heterocycles. The lowest BCUT2D eigenvalue weighted by atomic mass is 9.78. The van der Waals surface area contributed by atoms with E-state index in [-0.39, 0.29) is 18.7 Å².